The highest BCUT2D eigenvalue weighted by Crippen LogP contribution is 2.27. The molecule has 0 saturated carbocycles. The minimum absolute atomic E-state index is 0.173. The summed E-state index contributed by atoms with van der Waals surface area (Å²) >= 11 is 0. The quantitative estimate of drug-likeness (QED) is 0.488. The second-order valence-corrected chi connectivity index (χ2v) is 6.36. The van der Waals surface area contributed by atoms with E-state index >= 15 is 0 Å². The number of hydrogen-bond donors (Lipinski definition) is 2. The van der Waals surface area contributed by atoms with Gasteiger partial charge < -0.3 is 29.4 Å². The van der Waals surface area contributed by atoms with Gasteiger partial charge >= 0.3 is 17.9 Å². The lowest BCUT2D eigenvalue weighted by Crippen LogP contribution is -2.63. The SMILES string of the molecule is CC(=O)OC1C(O)OC(CNC(=O)c2ccccc2)C(OC(C)=O)C1OC(C)=O. The van der Waals surface area contributed by atoms with Crippen molar-refractivity contribution in [2.75, 3.05) is 6.54 Å². The Morgan fingerprint density at radius 2 is 1.41 bits per heavy atom. The van der Waals surface area contributed by atoms with Gasteiger partial charge in [-0.05, 0) is 12.1 Å². The number of esters is 3. The number of amides is 1. The third-order valence-electron chi connectivity index (χ3n) is 4.02. The number of ether oxygens (including phenoxy) is 4. The maximum Gasteiger partial charge on any atom is 0.303 e. The first kappa shape index (κ1) is 22.3. The summed E-state index contributed by atoms with van der Waals surface area (Å²) in [4.78, 5) is 46.8. The summed E-state index contributed by atoms with van der Waals surface area (Å²) in [6.07, 6.45) is -6.73. The van der Waals surface area contributed by atoms with Crippen molar-refractivity contribution >= 4 is 23.8 Å². The normalized spacial score (nSPS) is 26.1. The topological polar surface area (TPSA) is 137 Å². The van der Waals surface area contributed by atoms with Crippen LogP contribution in [-0.4, -0.2) is 66.2 Å². The third kappa shape index (κ3) is 6.26. The van der Waals surface area contributed by atoms with Crippen LogP contribution in [0.1, 0.15) is 31.1 Å². The van der Waals surface area contributed by atoms with Crippen LogP contribution in [0.15, 0.2) is 30.3 Å². The fraction of sp³-hybridized carbons (Fsp3) is 0.474. The molecule has 10 heteroatoms. The van der Waals surface area contributed by atoms with Crippen molar-refractivity contribution in [1.82, 2.24) is 5.32 Å². The molecule has 1 aliphatic rings. The van der Waals surface area contributed by atoms with Gasteiger partial charge in [0.15, 0.2) is 24.6 Å². The number of nitrogens with one attached hydrogen (secondary N) is 1. The fourth-order valence-corrected chi connectivity index (χ4v) is 2.92. The van der Waals surface area contributed by atoms with Crippen molar-refractivity contribution in [3.8, 4) is 0 Å². The molecule has 0 bridgehead atoms. The van der Waals surface area contributed by atoms with Crippen molar-refractivity contribution in [3.63, 3.8) is 0 Å². The second kappa shape index (κ2) is 9.99. The van der Waals surface area contributed by atoms with E-state index in [1.807, 2.05) is 0 Å². The van der Waals surface area contributed by atoms with E-state index in [1.54, 1.807) is 30.3 Å². The number of carbonyl (C=O) groups is 4. The van der Waals surface area contributed by atoms with Gasteiger partial charge in [-0.25, -0.2) is 0 Å². The number of aliphatic hydroxyl groups is 1. The summed E-state index contributed by atoms with van der Waals surface area (Å²) in [5.74, 6) is -2.64. The Bertz CT molecular complexity index is 751. The van der Waals surface area contributed by atoms with E-state index in [2.05, 4.69) is 5.32 Å². The van der Waals surface area contributed by atoms with Crippen LogP contribution in [0.2, 0.25) is 0 Å². The summed E-state index contributed by atoms with van der Waals surface area (Å²) in [6.45, 7) is 3.18. The smallest absolute Gasteiger partial charge is 0.303 e. The van der Waals surface area contributed by atoms with E-state index in [-0.39, 0.29) is 6.54 Å². The van der Waals surface area contributed by atoms with Crippen molar-refractivity contribution in [2.45, 2.75) is 51.5 Å². The lowest BCUT2D eigenvalue weighted by atomic mass is 9.97. The van der Waals surface area contributed by atoms with Crippen molar-refractivity contribution in [3.05, 3.63) is 35.9 Å². The van der Waals surface area contributed by atoms with E-state index in [9.17, 15) is 24.3 Å². The summed E-state index contributed by atoms with van der Waals surface area (Å²) in [5, 5.41) is 12.9. The van der Waals surface area contributed by atoms with E-state index < -0.39 is 54.5 Å². The van der Waals surface area contributed by atoms with Gasteiger partial charge in [0.05, 0.1) is 0 Å². The molecule has 0 aliphatic carbocycles. The maximum absolute atomic E-state index is 12.3. The lowest BCUT2D eigenvalue weighted by Gasteiger charge is -2.42. The maximum atomic E-state index is 12.3. The number of hydrogen-bond acceptors (Lipinski definition) is 9. The highest BCUT2D eigenvalue weighted by Gasteiger charge is 2.51. The zero-order chi connectivity index (χ0) is 21.6. The van der Waals surface area contributed by atoms with Gasteiger partial charge in [0, 0.05) is 32.9 Å². The van der Waals surface area contributed by atoms with E-state index in [0.29, 0.717) is 5.56 Å². The highest BCUT2D eigenvalue weighted by molar-refractivity contribution is 5.94. The van der Waals surface area contributed by atoms with Crippen LogP contribution in [0, 0.1) is 0 Å². The first-order chi connectivity index (χ1) is 13.7. The molecule has 5 unspecified atom stereocenters. The van der Waals surface area contributed by atoms with Crippen molar-refractivity contribution < 1.29 is 43.2 Å². The molecule has 1 fully saturated rings. The second-order valence-electron chi connectivity index (χ2n) is 6.36. The highest BCUT2D eigenvalue weighted by atomic mass is 16.7. The van der Waals surface area contributed by atoms with Gasteiger partial charge in [0.25, 0.3) is 5.91 Å². The molecule has 1 heterocycles. The van der Waals surface area contributed by atoms with Crippen LogP contribution in [-0.2, 0) is 33.3 Å². The molecule has 1 aromatic rings. The standard InChI is InChI=1S/C19H23NO9/c1-10(21)26-15-14(9-20-18(24)13-7-5-4-6-8-13)29-19(25)17(28-12(3)23)16(15)27-11(2)22/h4-8,14-17,19,25H,9H2,1-3H3,(H,20,24). The summed E-state index contributed by atoms with van der Waals surface area (Å²) in [5.41, 5.74) is 0.391. The molecule has 158 valence electrons. The van der Waals surface area contributed by atoms with Gasteiger partial charge in [0.1, 0.15) is 6.10 Å². The molecule has 29 heavy (non-hydrogen) atoms. The molecule has 2 N–H and O–H groups in total. The Morgan fingerprint density at radius 3 is 1.97 bits per heavy atom. The van der Waals surface area contributed by atoms with Gasteiger partial charge in [-0.15, -0.1) is 0 Å². The van der Waals surface area contributed by atoms with Crippen LogP contribution in [0.5, 0.6) is 0 Å². The van der Waals surface area contributed by atoms with Gasteiger partial charge in [-0.3, -0.25) is 19.2 Å². The molecular formula is C19H23NO9. The van der Waals surface area contributed by atoms with E-state index in [4.69, 9.17) is 18.9 Å². The Balaban J connectivity index is 2.22. The number of carbonyl (C=O) groups excluding carboxylic acids is 4. The first-order valence-electron chi connectivity index (χ1n) is 8.87. The summed E-state index contributed by atoms with van der Waals surface area (Å²) in [7, 11) is 0. The Kier molecular flexibility index (Phi) is 7.68. The summed E-state index contributed by atoms with van der Waals surface area (Å²) < 4.78 is 20.8. The predicted molar refractivity (Wildman–Crippen MR) is 96.3 cm³/mol. The van der Waals surface area contributed by atoms with Crippen molar-refractivity contribution in [1.29, 1.82) is 0 Å². The molecule has 2 rings (SSSR count). The molecule has 1 amide bonds. The molecule has 1 aromatic carbocycles. The Labute approximate surface area is 167 Å². The lowest BCUT2D eigenvalue weighted by molar-refractivity contribution is -0.289. The van der Waals surface area contributed by atoms with Gasteiger partial charge in [0.2, 0.25) is 0 Å². The third-order valence-corrected chi connectivity index (χ3v) is 4.02. The van der Waals surface area contributed by atoms with Crippen LogP contribution in [0.4, 0.5) is 0 Å². The average molecular weight is 409 g/mol. The number of aliphatic hydroxyl groups excluding tert-OH is 1. The average Bonchev–Trinajstić information content (AvgIpc) is 2.65. The van der Waals surface area contributed by atoms with Crippen molar-refractivity contribution in [2.24, 2.45) is 0 Å². The fourth-order valence-electron chi connectivity index (χ4n) is 2.92. The van der Waals surface area contributed by atoms with Crippen LogP contribution in [0.3, 0.4) is 0 Å². The predicted octanol–water partition coefficient (Wildman–Crippen LogP) is -0.0713. The number of benzene rings is 1. The zero-order valence-corrected chi connectivity index (χ0v) is 16.2. The Hall–Kier alpha value is -2.98. The first-order valence-corrected chi connectivity index (χ1v) is 8.87. The molecule has 0 aromatic heterocycles. The molecule has 0 spiro atoms. The Morgan fingerprint density at radius 1 is 0.897 bits per heavy atom. The molecule has 1 saturated heterocycles. The zero-order valence-electron chi connectivity index (χ0n) is 16.2. The molecule has 5 atom stereocenters. The van der Waals surface area contributed by atoms with E-state index in [1.165, 1.54) is 0 Å². The summed E-state index contributed by atoms with van der Waals surface area (Å²) in [6, 6.07) is 8.35. The minimum Gasteiger partial charge on any atom is -0.456 e. The van der Waals surface area contributed by atoms with Crippen LogP contribution in [0.25, 0.3) is 0 Å². The van der Waals surface area contributed by atoms with Crippen LogP contribution >= 0.6 is 0 Å². The van der Waals surface area contributed by atoms with Crippen LogP contribution < -0.4 is 5.32 Å². The monoisotopic (exact) mass is 409 g/mol. The largest absolute Gasteiger partial charge is 0.456 e. The molecular weight excluding hydrogens is 386 g/mol. The molecule has 10 nitrogen and oxygen atoms in total. The molecule has 0 radical (unpaired) electrons. The van der Waals surface area contributed by atoms with Gasteiger partial charge in [-0.1, -0.05) is 18.2 Å². The van der Waals surface area contributed by atoms with Gasteiger partial charge in [-0.2, -0.15) is 0 Å². The minimum atomic E-state index is -1.67. The molecule has 1 aliphatic heterocycles. The number of rotatable bonds is 6. The van der Waals surface area contributed by atoms with E-state index in [0.717, 1.165) is 20.8 Å².